The molecule has 0 aliphatic rings. The summed E-state index contributed by atoms with van der Waals surface area (Å²) in [4.78, 5) is 16.2. The summed E-state index contributed by atoms with van der Waals surface area (Å²) in [5, 5.41) is 3.40. The number of hydrogen-bond acceptors (Lipinski definition) is 5. The Kier molecular flexibility index (Phi) is 5.76. The zero-order valence-electron chi connectivity index (χ0n) is 16.4. The molecule has 1 N–H and O–H groups in total. The first-order valence-electron chi connectivity index (χ1n) is 9.74. The van der Waals surface area contributed by atoms with Gasteiger partial charge in [-0.3, -0.25) is 4.98 Å². The van der Waals surface area contributed by atoms with Gasteiger partial charge in [-0.1, -0.05) is 54.6 Å². The van der Waals surface area contributed by atoms with Crippen molar-refractivity contribution >= 4 is 17.3 Å². The molecule has 0 amide bonds. The molecule has 29 heavy (non-hydrogen) atoms. The Labute approximate surface area is 171 Å². The summed E-state index contributed by atoms with van der Waals surface area (Å²) >= 11 is 0. The molecule has 4 aromatic rings. The molecule has 5 nitrogen and oxygen atoms in total. The number of pyridine rings is 1. The fraction of sp³-hybridized carbons (Fsp3) is 0.125. The standard InChI is InChI=1S/C24H23N5/c1-2-29(21-14-7-4-8-15-21)23-17-22(26-18-20-13-9-10-16-25-20)27-24(28-23)19-11-5-3-6-12-19/h3-17H,2,18H2,1H3,(H,26,27,28). The maximum Gasteiger partial charge on any atom is 0.163 e. The molecule has 0 bridgehead atoms. The molecular formula is C24H23N5. The molecule has 144 valence electrons. The van der Waals surface area contributed by atoms with E-state index in [9.17, 15) is 0 Å². The molecule has 0 atom stereocenters. The molecule has 0 radical (unpaired) electrons. The van der Waals surface area contributed by atoms with Gasteiger partial charge in [0.1, 0.15) is 11.6 Å². The summed E-state index contributed by atoms with van der Waals surface area (Å²) in [5.41, 5.74) is 3.05. The molecule has 2 aromatic heterocycles. The number of anilines is 3. The zero-order valence-corrected chi connectivity index (χ0v) is 16.4. The molecule has 2 heterocycles. The Morgan fingerprint density at radius 3 is 2.24 bits per heavy atom. The first-order chi connectivity index (χ1) is 14.3. The summed E-state index contributed by atoms with van der Waals surface area (Å²) in [6.07, 6.45) is 1.80. The third kappa shape index (κ3) is 4.58. The second-order valence-electron chi connectivity index (χ2n) is 6.56. The summed E-state index contributed by atoms with van der Waals surface area (Å²) in [5.74, 6) is 2.32. The fourth-order valence-electron chi connectivity index (χ4n) is 3.15. The summed E-state index contributed by atoms with van der Waals surface area (Å²) in [7, 11) is 0. The number of benzene rings is 2. The summed E-state index contributed by atoms with van der Waals surface area (Å²) < 4.78 is 0. The van der Waals surface area contributed by atoms with E-state index in [1.165, 1.54) is 0 Å². The smallest absolute Gasteiger partial charge is 0.163 e. The van der Waals surface area contributed by atoms with Crippen LogP contribution in [-0.4, -0.2) is 21.5 Å². The number of nitrogens with one attached hydrogen (secondary N) is 1. The van der Waals surface area contributed by atoms with Crippen LogP contribution in [0.15, 0.2) is 91.1 Å². The quantitative estimate of drug-likeness (QED) is 0.470. The summed E-state index contributed by atoms with van der Waals surface area (Å²) in [6.45, 7) is 3.52. The molecule has 2 aromatic carbocycles. The lowest BCUT2D eigenvalue weighted by Crippen LogP contribution is -2.18. The van der Waals surface area contributed by atoms with E-state index >= 15 is 0 Å². The lowest BCUT2D eigenvalue weighted by Gasteiger charge is -2.23. The highest BCUT2D eigenvalue weighted by atomic mass is 15.2. The van der Waals surface area contributed by atoms with Crippen LogP contribution < -0.4 is 10.2 Å². The van der Waals surface area contributed by atoms with Gasteiger partial charge in [0, 0.05) is 30.1 Å². The van der Waals surface area contributed by atoms with Crippen molar-refractivity contribution in [2.45, 2.75) is 13.5 Å². The van der Waals surface area contributed by atoms with E-state index in [0.717, 1.165) is 35.1 Å². The van der Waals surface area contributed by atoms with E-state index < -0.39 is 0 Å². The Balaban J connectivity index is 1.71. The topological polar surface area (TPSA) is 53.9 Å². The van der Waals surface area contributed by atoms with Crippen molar-refractivity contribution in [1.29, 1.82) is 0 Å². The van der Waals surface area contributed by atoms with Crippen LogP contribution in [0.5, 0.6) is 0 Å². The van der Waals surface area contributed by atoms with Crippen LogP contribution in [0, 0.1) is 0 Å². The van der Waals surface area contributed by atoms with Gasteiger partial charge in [-0.15, -0.1) is 0 Å². The number of aromatic nitrogens is 3. The highest BCUT2D eigenvalue weighted by molar-refractivity contribution is 5.67. The van der Waals surface area contributed by atoms with Crippen LogP contribution in [0.25, 0.3) is 11.4 Å². The van der Waals surface area contributed by atoms with Gasteiger partial charge in [-0.2, -0.15) is 0 Å². The van der Waals surface area contributed by atoms with Crippen molar-refractivity contribution in [3.63, 3.8) is 0 Å². The van der Waals surface area contributed by atoms with Gasteiger partial charge >= 0.3 is 0 Å². The maximum absolute atomic E-state index is 4.87. The van der Waals surface area contributed by atoms with Crippen molar-refractivity contribution < 1.29 is 0 Å². The SMILES string of the molecule is CCN(c1ccccc1)c1cc(NCc2ccccn2)nc(-c2ccccc2)n1. The van der Waals surface area contributed by atoms with E-state index in [0.29, 0.717) is 12.4 Å². The van der Waals surface area contributed by atoms with Crippen molar-refractivity contribution in [1.82, 2.24) is 15.0 Å². The van der Waals surface area contributed by atoms with Gasteiger partial charge in [0.15, 0.2) is 5.82 Å². The highest BCUT2D eigenvalue weighted by Crippen LogP contribution is 2.27. The molecule has 0 spiro atoms. The molecular weight excluding hydrogens is 358 g/mol. The third-order valence-corrected chi connectivity index (χ3v) is 4.58. The Hall–Kier alpha value is -3.73. The largest absolute Gasteiger partial charge is 0.364 e. The number of hydrogen-bond donors (Lipinski definition) is 1. The third-order valence-electron chi connectivity index (χ3n) is 4.58. The first kappa shape index (κ1) is 18.6. The zero-order chi connectivity index (χ0) is 19.9. The first-order valence-corrected chi connectivity index (χ1v) is 9.74. The van der Waals surface area contributed by atoms with E-state index in [4.69, 9.17) is 9.97 Å². The lowest BCUT2D eigenvalue weighted by molar-refractivity contribution is 0.970. The fourth-order valence-corrected chi connectivity index (χ4v) is 3.15. The molecule has 0 aliphatic carbocycles. The predicted octanol–water partition coefficient (Wildman–Crippen LogP) is 5.31. The number of nitrogens with zero attached hydrogens (tertiary/aromatic N) is 4. The molecule has 0 saturated heterocycles. The van der Waals surface area contributed by atoms with E-state index in [1.807, 2.05) is 72.8 Å². The monoisotopic (exact) mass is 381 g/mol. The maximum atomic E-state index is 4.87. The second-order valence-corrected chi connectivity index (χ2v) is 6.56. The van der Waals surface area contributed by atoms with Crippen LogP contribution in [-0.2, 0) is 6.54 Å². The molecule has 0 saturated carbocycles. The highest BCUT2D eigenvalue weighted by Gasteiger charge is 2.13. The predicted molar refractivity (Wildman–Crippen MR) is 118 cm³/mol. The van der Waals surface area contributed by atoms with Gasteiger partial charge < -0.3 is 10.2 Å². The van der Waals surface area contributed by atoms with Gasteiger partial charge in [-0.05, 0) is 31.2 Å². The number of rotatable bonds is 7. The van der Waals surface area contributed by atoms with Crippen molar-refractivity contribution in [3.05, 3.63) is 96.8 Å². The average molecular weight is 381 g/mol. The minimum Gasteiger partial charge on any atom is -0.364 e. The Morgan fingerprint density at radius 1 is 0.828 bits per heavy atom. The van der Waals surface area contributed by atoms with Crippen LogP contribution in [0.4, 0.5) is 17.3 Å². The Morgan fingerprint density at radius 2 is 1.55 bits per heavy atom. The van der Waals surface area contributed by atoms with Gasteiger partial charge in [0.25, 0.3) is 0 Å². The van der Waals surface area contributed by atoms with Gasteiger partial charge in [0.05, 0.1) is 12.2 Å². The Bertz CT molecular complexity index is 1040. The van der Waals surface area contributed by atoms with Crippen LogP contribution in [0.3, 0.4) is 0 Å². The van der Waals surface area contributed by atoms with E-state index in [1.54, 1.807) is 6.20 Å². The number of para-hydroxylation sites is 1. The molecule has 4 rings (SSSR count). The van der Waals surface area contributed by atoms with Crippen LogP contribution in [0.1, 0.15) is 12.6 Å². The molecule has 0 unspecified atom stereocenters. The van der Waals surface area contributed by atoms with Crippen molar-refractivity contribution in [2.75, 3.05) is 16.8 Å². The van der Waals surface area contributed by atoms with Crippen molar-refractivity contribution in [3.8, 4) is 11.4 Å². The minimum absolute atomic E-state index is 0.600. The van der Waals surface area contributed by atoms with Gasteiger partial charge in [0.2, 0.25) is 0 Å². The molecule has 5 heteroatoms. The minimum atomic E-state index is 0.600. The summed E-state index contributed by atoms with van der Waals surface area (Å²) in [6, 6.07) is 28.2. The van der Waals surface area contributed by atoms with Gasteiger partial charge in [-0.25, -0.2) is 9.97 Å². The van der Waals surface area contributed by atoms with Crippen molar-refractivity contribution in [2.24, 2.45) is 0 Å². The van der Waals surface area contributed by atoms with Crippen LogP contribution in [0.2, 0.25) is 0 Å². The van der Waals surface area contributed by atoms with E-state index in [-0.39, 0.29) is 0 Å². The van der Waals surface area contributed by atoms with E-state index in [2.05, 4.69) is 34.3 Å². The molecule has 0 aliphatic heterocycles. The molecule has 0 fully saturated rings. The lowest BCUT2D eigenvalue weighted by atomic mass is 10.2. The second kappa shape index (κ2) is 8.97. The van der Waals surface area contributed by atoms with Crippen LogP contribution >= 0.6 is 0 Å². The normalized spacial score (nSPS) is 10.5. The average Bonchev–Trinajstić information content (AvgIpc) is 2.80.